The fraction of sp³-hybridized carbons (Fsp3) is 0.529. The van der Waals surface area contributed by atoms with Crippen LogP contribution in [0.5, 0.6) is 0 Å². The topological polar surface area (TPSA) is 40.6 Å². The van der Waals surface area contributed by atoms with Gasteiger partial charge in [-0.15, -0.1) is 0 Å². The van der Waals surface area contributed by atoms with Crippen LogP contribution in [0.2, 0.25) is 5.02 Å². The van der Waals surface area contributed by atoms with Gasteiger partial charge in [0.1, 0.15) is 0 Å². The van der Waals surface area contributed by atoms with Crippen LogP contribution in [-0.4, -0.2) is 49.8 Å². The second-order valence-corrected chi connectivity index (χ2v) is 8.52. The molecule has 1 aromatic carbocycles. The summed E-state index contributed by atoms with van der Waals surface area (Å²) in [5.41, 5.74) is 0.841. The molecule has 1 aromatic rings. The van der Waals surface area contributed by atoms with Crippen LogP contribution in [0, 0.1) is 0 Å². The van der Waals surface area contributed by atoms with E-state index in [9.17, 15) is 8.42 Å². The minimum atomic E-state index is -3.37. The van der Waals surface area contributed by atoms with Crippen LogP contribution in [0.15, 0.2) is 29.7 Å². The standard InChI is InChI=1S/C17H23ClN2O2S/c18-16-7-5-15(6-8-16)9-13-23(21,22)20-12-3-4-17(20)14-19-10-1-2-11-19/h5-9,13,17H,1-4,10-12,14H2. The second-order valence-electron chi connectivity index (χ2n) is 6.31. The van der Waals surface area contributed by atoms with Gasteiger partial charge in [-0.25, -0.2) is 8.42 Å². The average molecular weight is 355 g/mol. The van der Waals surface area contributed by atoms with Gasteiger partial charge in [0, 0.05) is 29.6 Å². The average Bonchev–Trinajstić information content (AvgIpc) is 3.19. The van der Waals surface area contributed by atoms with Crippen molar-refractivity contribution < 1.29 is 8.42 Å². The fourth-order valence-corrected chi connectivity index (χ4v) is 4.99. The van der Waals surface area contributed by atoms with Crippen molar-refractivity contribution in [2.24, 2.45) is 0 Å². The summed E-state index contributed by atoms with van der Waals surface area (Å²) in [5, 5.41) is 1.98. The van der Waals surface area contributed by atoms with Crippen LogP contribution >= 0.6 is 11.6 Å². The van der Waals surface area contributed by atoms with E-state index in [0.717, 1.165) is 38.0 Å². The van der Waals surface area contributed by atoms with Gasteiger partial charge in [0.2, 0.25) is 10.0 Å². The fourth-order valence-electron chi connectivity index (χ4n) is 3.41. The minimum absolute atomic E-state index is 0.118. The van der Waals surface area contributed by atoms with Crippen molar-refractivity contribution in [2.75, 3.05) is 26.2 Å². The van der Waals surface area contributed by atoms with E-state index >= 15 is 0 Å². The molecule has 0 amide bonds. The maximum Gasteiger partial charge on any atom is 0.236 e. The summed E-state index contributed by atoms with van der Waals surface area (Å²) in [4.78, 5) is 2.39. The molecule has 1 atom stereocenters. The predicted octanol–water partition coefficient (Wildman–Crippen LogP) is 3.20. The van der Waals surface area contributed by atoms with Crippen molar-refractivity contribution in [3.63, 3.8) is 0 Å². The highest BCUT2D eigenvalue weighted by Gasteiger charge is 2.34. The van der Waals surface area contributed by atoms with E-state index in [4.69, 9.17) is 11.6 Å². The molecule has 1 unspecified atom stereocenters. The Morgan fingerprint density at radius 3 is 2.48 bits per heavy atom. The van der Waals surface area contributed by atoms with Crippen molar-refractivity contribution in [1.29, 1.82) is 0 Å². The third kappa shape index (κ3) is 4.35. The van der Waals surface area contributed by atoms with E-state index in [0.29, 0.717) is 11.6 Å². The molecule has 2 saturated heterocycles. The Bertz CT molecular complexity index is 652. The summed E-state index contributed by atoms with van der Waals surface area (Å²) in [6.07, 6.45) is 6.03. The maximum atomic E-state index is 12.7. The van der Waals surface area contributed by atoms with Gasteiger partial charge in [-0.2, -0.15) is 4.31 Å². The van der Waals surface area contributed by atoms with E-state index in [1.165, 1.54) is 18.2 Å². The number of halogens is 1. The van der Waals surface area contributed by atoms with Gasteiger partial charge in [-0.3, -0.25) is 0 Å². The van der Waals surface area contributed by atoms with Crippen LogP contribution < -0.4 is 0 Å². The van der Waals surface area contributed by atoms with Crippen LogP contribution in [0.25, 0.3) is 6.08 Å². The van der Waals surface area contributed by atoms with Crippen molar-refractivity contribution >= 4 is 27.7 Å². The summed E-state index contributed by atoms with van der Waals surface area (Å²) in [5.74, 6) is 0. The quantitative estimate of drug-likeness (QED) is 0.815. The molecule has 6 heteroatoms. The summed E-state index contributed by atoms with van der Waals surface area (Å²) < 4.78 is 27.0. The molecule has 2 heterocycles. The molecule has 23 heavy (non-hydrogen) atoms. The molecule has 0 spiro atoms. The molecule has 2 aliphatic heterocycles. The zero-order valence-electron chi connectivity index (χ0n) is 13.2. The number of benzene rings is 1. The number of hydrogen-bond acceptors (Lipinski definition) is 3. The number of rotatable bonds is 5. The highest BCUT2D eigenvalue weighted by Crippen LogP contribution is 2.24. The lowest BCUT2D eigenvalue weighted by molar-refractivity contribution is 0.258. The summed E-state index contributed by atoms with van der Waals surface area (Å²) in [6, 6.07) is 7.29. The Labute approximate surface area is 143 Å². The first kappa shape index (κ1) is 17.0. The largest absolute Gasteiger partial charge is 0.302 e. The van der Waals surface area contributed by atoms with E-state index in [-0.39, 0.29) is 6.04 Å². The first-order chi connectivity index (χ1) is 11.0. The monoisotopic (exact) mass is 354 g/mol. The third-order valence-electron chi connectivity index (χ3n) is 4.62. The molecular weight excluding hydrogens is 332 g/mol. The summed E-state index contributed by atoms with van der Waals surface area (Å²) >= 11 is 5.85. The number of sulfonamides is 1. The Morgan fingerprint density at radius 2 is 1.78 bits per heavy atom. The zero-order valence-corrected chi connectivity index (χ0v) is 14.8. The summed E-state index contributed by atoms with van der Waals surface area (Å²) in [6.45, 7) is 3.70. The molecule has 2 aliphatic rings. The minimum Gasteiger partial charge on any atom is -0.302 e. The van der Waals surface area contributed by atoms with Crippen LogP contribution in [0.4, 0.5) is 0 Å². The highest BCUT2D eigenvalue weighted by atomic mass is 35.5. The third-order valence-corrected chi connectivity index (χ3v) is 6.49. The van der Waals surface area contributed by atoms with Gasteiger partial charge in [0.05, 0.1) is 0 Å². The van der Waals surface area contributed by atoms with Crippen molar-refractivity contribution in [3.05, 3.63) is 40.3 Å². The lowest BCUT2D eigenvalue weighted by Gasteiger charge is -2.26. The van der Waals surface area contributed by atoms with Gasteiger partial charge in [-0.1, -0.05) is 23.7 Å². The van der Waals surface area contributed by atoms with E-state index < -0.39 is 10.0 Å². The van der Waals surface area contributed by atoms with Crippen LogP contribution in [0.3, 0.4) is 0 Å². The molecule has 0 bridgehead atoms. The molecule has 0 aliphatic carbocycles. The predicted molar refractivity (Wildman–Crippen MR) is 94.8 cm³/mol. The van der Waals surface area contributed by atoms with Crippen LogP contribution in [-0.2, 0) is 10.0 Å². The Morgan fingerprint density at radius 1 is 1.09 bits per heavy atom. The molecule has 2 fully saturated rings. The van der Waals surface area contributed by atoms with Crippen molar-refractivity contribution in [2.45, 2.75) is 31.7 Å². The molecule has 0 saturated carbocycles. The normalized spacial score (nSPS) is 24.0. The molecular formula is C17H23ClN2O2S. The Kier molecular flexibility index (Phi) is 5.42. The molecule has 0 N–H and O–H groups in total. The van der Waals surface area contributed by atoms with E-state index in [2.05, 4.69) is 4.90 Å². The van der Waals surface area contributed by atoms with E-state index in [1.54, 1.807) is 22.5 Å². The molecule has 126 valence electrons. The van der Waals surface area contributed by atoms with Gasteiger partial charge in [0.15, 0.2) is 0 Å². The van der Waals surface area contributed by atoms with Gasteiger partial charge in [0.25, 0.3) is 0 Å². The Balaban J connectivity index is 1.68. The molecule has 0 radical (unpaired) electrons. The lowest BCUT2D eigenvalue weighted by atomic mass is 10.2. The maximum absolute atomic E-state index is 12.7. The Hall–Kier alpha value is -0.880. The first-order valence-electron chi connectivity index (χ1n) is 8.22. The zero-order chi connectivity index (χ0) is 16.3. The van der Waals surface area contributed by atoms with Crippen molar-refractivity contribution in [1.82, 2.24) is 9.21 Å². The van der Waals surface area contributed by atoms with Gasteiger partial charge < -0.3 is 4.90 Å². The van der Waals surface area contributed by atoms with Crippen molar-refractivity contribution in [3.8, 4) is 0 Å². The molecule has 4 nitrogen and oxygen atoms in total. The van der Waals surface area contributed by atoms with E-state index in [1.807, 2.05) is 12.1 Å². The van der Waals surface area contributed by atoms with Crippen LogP contribution in [0.1, 0.15) is 31.2 Å². The van der Waals surface area contributed by atoms with Gasteiger partial charge in [-0.05, 0) is 62.5 Å². The molecule has 3 rings (SSSR count). The number of likely N-dealkylation sites (tertiary alicyclic amines) is 1. The first-order valence-corrected chi connectivity index (χ1v) is 10.1. The SMILES string of the molecule is O=S(=O)(C=Cc1ccc(Cl)cc1)N1CCCC1CN1CCCC1. The van der Waals surface area contributed by atoms with Gasteiger partial charge >= 0.3 is 0 Å². The summed E-state index contributed by atoms with van der Waals surface area (Å²) in [7, 11) is -3.37. The highest BCUT2D eigenvalue weighted by molar-refractivity contribution is 7.92. The molecule has 0 aromatic heterocycles. The second kappa shape index (κ2) is 7.34. The lowest BCUT2D eigenvalue weighted by Crippen LogP contribution is -2.41. The smallest absolute Gasteiger partial charge is 0.236 e. The number of nitrogens with zero attached hydrogens (tertiary/aromatic N) is 2. The number of hydrogen-bond donors (Lipinski definition) is 0.